The molecule has 0 radical (unpaired) electrons. The third kappa shape index (κ3) is 3.84. The van der Waals surface area contributed by atoms with E-state index in [9.17, 15) is 4.79 Å². The van der Waals surface area contributed by atoms with Crippen LogP contribution in [0.15, 0.2) is 65.6 Å². The van der Waals surface area contributed by atoms with E-state index in [4.69, 9.17) is 16.6 Å². The van der Waals surface area contributed by atoms with Gasteiger partial charge in [0, 0.05) is 41.2 Å². The van der Waals surface area contributed by atoms with Crippen LogP contribution in [0, 0.1) is 0 Å². The van der Waals surface area contributed by atoms with Gasteiger partial charge in [-0.05, 0) is 17.7 Å². The predicted octanol–water partition coefficient (Wildman–Crippen LogP) is 5.29. The molecule has 6 heteroatoms. The smallest absolute Gasteiger partial charge is 0.186 e. The zero-order chi connectivity index (χ0) is 18.8. The average Bonchev–Trinajstić information content (AvgIpc) is 3.32. The zero-order valence-electron chi connectivity index (χ0n) is 14.6. The Morgan fingerprint density at radius 3 is 2.67 bits per heavy atom. The van der Waals surface area contributed by atoms with Crippen LogP contribution in [0.1, 0.15) is 16.1 Å². The van der Waals surface area contributed by atoms with Gasteiger partial charge in [0.15, 0.2) is 5.78 Å². The number of hydrogen-bond donors (Lipinski definition) is 0. The Hall–Kier alpha value is -2.76. The number of carbonyl (C=O) groups excluding carboxylic acids is 1. The summed E-state index contributed by atoms with van der Waals surface area (Å²) in [5.74, 6) is 0.895. The van der Waals surface area contributed by atoms with Crippen LogP contribution in [-0.2, 0) is 13.5 Å². The summed E-state index contributed by atoms with van der Waals surface area (Å²) < 4.78 is 1.99. The van der Waals surface area contributed by atoms with Crippen molar-refractivity contribution in [3.8, 4) is 22.6 Å². The van der Waals surface area contributed by atoms with Crippen LogP contribution >= 0.6 is 22.9 Å². The molecule has 134 valence electrons. The molecule has 0 aliphatic rings. The van der Waals surface area contributed by atoms with E-state index in [1.54, 1.807) is 10.9 Å². The van der Waals surface area contributed by atoms with Crippen LogP contribution in [0.2, 0.25) is 5.02 Å². The lowest BCUT2D eigenvalue weighted by atomic mass is 10.1. The van der Waals surface area contributed by atoms with E-state index in [1.807, 2.05) is 66.3 Å². The molecule has 0 atom stereocenters. The van der Waals surface area contributed by atoms with Crippen molar-refractivity contribution in [2.45, 2.75) is 6.42 Å². The maximum absolute atomic E-state index is 12.2. The third-order valence-corrected chi connectivity index (χ3v) is 5.11. The van der Waals surface area contributed by atoms with E-state index >= 15 is 0 Å². The SMILES string of the molecule is Cn1cc(-c2cccc(Cl)c2)nc1-c1ccc(CC(=O)c2cscn2)cc1. The fourth-order valence-corrected chi connectivity index (χ4v) is 3.67. The van der Waals surface area contributed by atoms with Gasteiger partial charge in [0.25, 0.3) is 0 Å². The Labute approximate surface area is 166 Å². The van der Waals surface area contributed by atoms with Gasteiger partial charge in [-0.15, -0.1) is 11.3 Å². The molecule has 27 heavy (non-hydrogen) atoms. The summed E-state index contributed by atoms with van der Waals surface area (Å²) in [6.45, 7) is 0. The molecule has 0 aliphatic carbocycles. The number of Topliss-reactive ketones (excluding diaryl/α,β-unsaturated/α-hetero) is 1. The highest BCUT2D eigenvalue weighted by Crippen LogP contribution is 2.26. The number of benzene rings is 2. The maximum Gasteiger partial charge on any atom is 0.186 e. The van der Waals surface area contributed by atoms with Crippen molar-refractivity contribution < 1.29 is 4.79 Å². The lowest BCUT2D eigenvalue weighted by molar-refractivity contribution is 0.0989. The molecular weight excluding hydrogens is 378 g/mol. The summed E-state index contributed by atoms with van der Waals surface area (Å²) in [7, 11) is 1.97. The van der Waals surface area contributed by atoms with Gasteiger partial charge >= 0.3 is 0 Å². The predicted molar refractivity (Wildman–Crippen MR) is 109 cm³/mol. The number of aryl methyl sites for hydroxylation is 1. The molecule has 0 saturated carbocycles. The Morgan fingerprint density at radius 1 is 1.15 bits per heavy atom. The van der Waals surface area contributed by atoms with E-state index in [2.05, 4.69) is 4.98 Å². The molecule has 2 aromatic heterocycles. The number of hydrogen-bond acceptors (Lipinski definition) is 4. The summed E-state index contributed by atoms with van der Waals surface area (Å²) in [5.41, 5.74) is 6.01. The van der Waals surface area contributed by atoms with Crippen molar-refractivity contribution >= 4 is 28.7 Å². The van der Waals surface area contributed by atoms with Crippen LogP contribution < -0.4 is 0 Å². The Kier molecular flexibility index (Phi) is 4.88. The van der Waals surface area contributed by atoms with Crippen LogP contribution in [0.5, 0.6) is 0 Å². The van der Waals surface area contributed by atoms with Gasteiger partial charge in [0.1, 0.15) is 11.5 Å². The standard InChI is InChI=1S/C21H16ClN3OS/c1-25-11-18(16-3-2-4-17(22)10-16)24-21(25)15-7-5-14(6-8-15)9-20(26)19-12-27-13-23-19/h2-8,10-13H,9H2,1H3. The topological polar surface area (TPSA) is 47.8 Å². The molecular formula is C21H16ClN3OS. The second-order valence-electron chi connectivity index (χ2n) is 6.24. The first-order valence-electron chi connectivity index (χ1n) is 8.40. The summed E-state index contributed by atoms with van der Waals surface area (Å²) >= 11 is 7.52. The second-order valence-corrected chi connectivity index (χ2v) is 7.40. The summed E-state index contributed by atoms with van der Waals surface area (Å²) in [6, 6.07) is 15.6. The molecule has 4 aromatic rings. The molecule has 2 heterocycles. The largest absolute Gasteiger partial charge is 0.333 e. The molecule has 0 N–H and O–H groups in total. The minimum Gasteiger partial charge on any atom is -0.333 e. The summed E-state index contributed by atoms with van der Waals surface area (Å²) in [6.07, 6.45) is 2.33. The van der Waals surface area contributed by atoms with Crippen molar-refractivity contribution in [2.24, 2.45) is 7.05 Å². The normalized spacial score (nSPS) is 10.9. The lowest BCUT2D eigenvalue weighted by Crippen LogP contribution is -2.03. The first-order chi connectivity index (χ1) is 13.1. The number of imidazole rings is 1. The highest BCUT2D eigenvalue weighted by Gasteiger charge is 2.12. The van der Waals surface area contributed by atoms with Gasteiger partial charge in [-0.2, -0.15) is 0 Å². The van der Waals surface area contributed by atoms with Crippen molar-refractivity contribution in [3.05, 3.63) is 81.9 Å². The molecule has 4 rings (SSSR count). The summed E-state index contributed by atoms with van der Waals surface area (Å²) in [4.78, 5) is 21.0. The minimum absolute atomic E-state index is 0.0317. The Morgan fingerprint density at radius 2 is 1.96 bits per heavy atom. The zero-order valence-corrected chi connectivity index (χ0v) is 16.2. The molecule has 0 spiro atoms. The molecule has 0 unspecified atom stereocenters. The van der Waals surface area contributed by atoms with E-state index in [-0.39, 0.29) is 5.78 Å². The van der Waals surface area contributed by atoms with E-state index in [1.165, 1.54) is 11.3 Å². The molecule has 0 saturated heterocycles. The van der Waals surface area contributed by atoms with Gasteiger partial charge in [-0.1, -0.05) is 48.0 Å². The van der Waals surface area contributed by atoms with Crippen molar-refractivity contribution in [1.29, 1.82) is 0 Å². The average molecular weight is 394 g/mol. The highest BCUT2D eigenvalue weighted by atomic mass is 35.5. The van der Waals surface area contributed by atoms with E-state index in [0.717, 1.165) is 28.2 Å². The number of halogens is 1. The van der Waals surface area contributed by atoms with Gasteiger partial charge in [0.05, 0.1) is 11.2 Å². The first kappa shape index (κ1) is 17.6. The maximum atomic E-state index is 12.2. The molecule has 0 amide bonds. The molecule has 2 aromatic carbocycles. The number of thiazole rings is 1. The van der Waals surface area contributed by atoms with Crippen LogP contribution in [0.25, 0.3) is 22.6 Å². The number of aromatic nitrogens is 3. The lowest BCUT2D eigenvalue weighted by Gasteiger charge is -2.04. The number of carbonyl (C=O) groups is 1. The fraction of sp³-hybridized carbons (Fsp3) is 0.0952. The van der Waals surface area contributed by atoms with Gasteiger partial charge in [0.2, 0.25) is 0 Å². The number of rotatable bonds is 5. The molecule has 0 aliphatic heterocycles. The summed E-state index contributed by atoms with van der Waals surface area (Å²) in [5, 5.41) is 2.47. The Balaban J connectivity index is 1.56. The monoisotopic (exact) mass is 393 g/mol. The van der Waals surface area contributed by atoms with Crippen molar-refractivity contribution in [2.75, 3.05) is 0 Å². The minimum atomic E-state index is 0.0317. The van der Waals surface area contributed by atoms with Gasteiger partial charge in [-0.3, -0.25) is 4.79 Å². The number of nitrogens with zero attached hydrogens (tertiary/aromatic N) is 3. The highest BCUT2D eigenvalue weighted by molar-refractivity contribution is 7.07. The molecule has 4 nitrogen and oxygen atoms in total. The van der Waals surface area contributed by atoms with Crippen LogP contribution in [0.3, 0.4) is 0 Å². The van der Waals surface area contributed by atoms with Crippen molar-refractivity contribution in [3.63, 3.8) is 0 Å². The van der Waals surface area contributed by atoms with Gasteiger partial charge in [-0.25, -0.2) is 9.97 Å². The van der Waals surface area contributed by atoms with E-state index in [0.29, 0.717) is 17.1 Å². The van der Waals surface area contributed by atoms with Crippen LogP contribution in [0.4, 0.5) is 0 Å². The van der Waals surface area contributed by atoms with Crippen molar-refractivity contribution in [1.82, 2.24) is 14.5 Å². The second kappa shape index (κ2) is 7.47. The van der Waals surface area contributed by atoms with E-state index < -0.39 is 0 Å². The molecule has 0 bridgehead atoms. The van der Waals surface area contributed by atoms with Crippen LogP contribution in [-0.4, -0.2) is 20.3 Å². The third-order valence-electron chi connectivity index (χ3n) is 4.29. The van der Waals surface area contributed by atoms with Gasteiger partial charge < -0.3 is 4.57 Å². The molecule has 0 fully saturated rings. The first-order valence-corrected chi connectivity index (χ1v) is 9.72. The number of ketones is 1. The fourth-order valence-electron chi connectivity index (χ4n) is 2.92. The quantitative estimate of drug-likeness (QED) is 0.433. The Bertz CT molecular complexity index is 1090.